The Morgan fingerprint density at radius 3 is 2.31 bits per heavy atom. The highest BCUT2D eigenvalue weighted by atomic mass is 28.4. The van der Waals surface area contributed by atoms with E-state index < -0.39 is 32.6 Å². The van der Waals surface area contributed by atoms with Gasteiger partial charge in [-0.1, -0.05) is 46.0 Å². The number of hydrogen-bond donors (Lipinski definition) is 0. The van der Waals surface area contributed by atoms with Gasteiger partial charge in [-0.05, 0) is 24.6 Å². The summed E-state index contributed by atoms with van der Waals surface area (Å²) in [5, 5.41) is 0. The molecule has 1 heterocycles. The van der Waals surface area contributed by atoms with Crippen LogP contribution in [0.15, 0.2) is 11.6 Å². The van der Waals surface area contributed by atoms with Gasteiger partial charge in [0.1, 0.15) is 0 Å². The Balaban J connectivity index is 2.90. The molecule has 0 aromatic heterocycles. The van der Waals surface area contributed by atoms with Gasteiger partial charge in [0.05, 0.1) is 5.57 Å². The largest absolute Gasteiger partial charge is 0.444 e. The molecule has 0 amide bonds. The fourth-order valence-corrected chi connectivity index (χ4v) is 5.65. The lowest BCUT2D eigenvalue weighted by Crippen LogP contribution is -2.42. The first-order chi connectivity index (χ1) is 13.9. The first-order valence-electron chi connectivity index (χ1n) is 10.6. The minimum atomic E-state index is -2.02. The molecule has 2 unspecified atom stereocenters. The monoisotopic (exact) mass is 418 g/mol. The predicted molar refractivity (Wildman–Crippen MR) is 116 cm³/mol. The standard InChI is InChI=1S/C23H34O5Si/c1-6-10-11-12-13-14-15-16-17-21(26-19(5)24)20-18-22(25)27-23(20)28-29(7-2,8-3)9-4/h18,21,23H,6-11,14-15H2,1-5H3. The summed E-state index contributed by atoms with van der Waals surface area (Å²) in [6.45, 7) is 9.77. The van der Waals surface area contributed by atoms with Crippen LogP contribution in [0, 0.1) is 23.7 Å². The molecule has 160 valence electrons. The third kappa shape index (κ3) is 8.48. The molecule has 0 aliphatic carbocycles. The minimum absolute atomic E-state index is 0.465. The molecule has 0 aromatic rings. The van der Waals surface area contributed by atoms with Crippen LogP contribution < -0.4 is 0 Å². The van der Waals surface area contributed by atoms with E-state index in [1.807, 2.05) is 0 Å². The molecule has 29 heavy (non-hydrogen) atoms. The number of unbranched alkanes of at least 4 members (excludes halogenated alkanes) is 3. The van der Waals surface area contributed by atoms with Crippen molar-refractivity contribution in [3.63, 3.8) is 0 Å². The van der Waals surface area contributed by atoms with Gasteiger partial charge < -0.3 is 13.9 Å². The van der Waals surface area contributed by atoms with Gasteiger partial charge in [0, 0.05) is 32.3 Å². The van der Waals surface area contributed by atoms with Gasteiger partial charge in [0.25, 0.3) is 0 Å². The number of carbonyl (C=O) groups is 2. The van der Waals surface area contributed by atoms with E-state index in [9.17, 15) is 9.59 Å². The summed E-state index contributed by atoms with van der Waals surface area (Å²) in [5.74, 6) is 11.2. The van der Waals surface area contributed by atoms with E-state index in [0.717, 1.165) is 37.4 Å². The molecule has 1 aliphatic heterocycles. The zero-order valence-corrected chi connectivity index (χ0v) is 19.4. The lowest BCUT2D eigenvalue weighted by atomic mass is 10.1. The van der Waals surface area contributed by atoms with Crippen LogP contribution >= 0.6 is 0 Å². The number of carbonyl (C=O) groups excluding carboxylic acids is 2. The summed E-state index contributed by atoms with van der Waals surface area (Å²) in [6, 6.07) is 2.76. The summed E-state index contributed by atoms with van der Waals surface area (Å²) < 4.78 is 17.1. The predicted octanol–water partition coefficient (Wildman–Crippen LogP) is 4.73. The van der Waals surface area contributed by atoms with Gasteiger partial charge in [0.15, 0.2) is 14.4 Å². The number of cyclic esters (lactones) is 1. The Kier molecular flexibility index (Phi) is 11.4. The highest BCUT2D eigenvalue weighted by molar-refractivity contribution is 6.73. The van der Waals surface area contributed by atoms with Crippen LogP contribution in [0.3, 0.4) is 0 Å². The Morgan fingerprint density at radius 2 is 1.72 bits per heavy atom. The number of hydrogen-bond acceptors (Lipinski definition) is 5. The SMILES string of the molecule is CCCCC#CCCC#CC(OC(C)=O)C1=CC(=O)OC1O[Si](CC)(CC)CC. The van der Waals surface area contributed by atoms with Crippen molar-refractivity contribution in [3.05, 3.63) is 11.6 Å². The van der Waals surface area contributed by atoms with Crippen LogP contribution in [-0.4, -0.2) is 32.6 Å². The lowest BCUT2D eigenvalue weighted by molar-refractivity contribution is -0.151. The summed E-state index contributed by atoms with van der Waals surface area (Å²) in [4.78, 5) is 23.5. The average Bonchev–Trinajstić information content (AvgIpc) is 3.07. The van der Waals surface area contributed by atoms with Crippen LogP contribution in [-0.2, 0) is 23.5 Å². The summed E-state index contributed by atoms with van der Waals surface area (Å²) in [5.41, 5.74) is 0.471. The molecule has 2 atom stereocenters. The number of ether oxygens (including phenoxy) is 2. The van der Waals surface area contributed by atoms with E-state index >= 15 is 0 Å². The molecule has 6 heteroatoms. The molecule has 1 aliphatic rings. The Hall–Kier alpha value is -2.02. The Bertz CT molecular complexity index is 692. The summed E-state index contributed by atoms with van der Waals surface area (Å²) in [6.07, 6.45) is 4.04. The quantitative estimate of drug-likeness (QED) is 0.222. The van der Waals surface area contributed by atoms with Crippen molar-refractivity contribution in [1.82, 2.24) is 0 Å². The van der Waals surface area contributed by atoms with Crippen LogP contribution in [0.25, 0.3) is 0 Å². The smallest absolute Gasteiger partial charge is 0.333 e. The van der Waals surface area contributed by atoms with Crippen molar-refractivity contribution >= 4 is 20.3 Å². The molecule has 0 fully saturated rings. The second-order valence-corrected chi connectivity index (χ2v) is 11.8. The zero-order valence-electron chi connectivity index (χ0n) is 18.4. The second kappa shape index (κ2) is 13.2. The molecular weight excluding hydrogens is 384 g/mol. The second-order valence-electron chi connectivity index (χ2n) is 7.04. The Morgan fingerprint density at radius 1 is 1.10 bits per heavy atom. The van der Waals surface area contributed by atoms with E-state index in [1.54, 1.807) is 0 Å². The van der Waals surface area contributed by atoms with E-state index in [-0.39, 0.29) is 0 Å². The van der Waals surface area contributed by atoms with Gasteiger partial charge >= 0.3 is 11.9 Å². The van der Waals surface area contributed by atoms with E-state index in [1.165, 1.54) is 13.0 Å². The summed E-state index contributed by atoms with van der Waals surface area (Å²) >= 11 is 0. The molecule has 1 rings (SSSR count). The molecule has 0 saturated heterocycles. The molecule has 0 radical (unpaired) electrons. The molecule has 5 nitrogen and oxygen atoms in total. The van der Waals surface area contributed by atoms with E-state index in [2.05, 4.69) is 51.4 Å². The minimum Gasteiger partial charge on any atom is -0.444 e. The van der Waals surface area contributed by atoms with Crippen molar-refractivity contribution in [2.24, 2.45) is 0 Å². The van der Waals surface area contributed by atoms with E-state index in [4.69, 9.17) is 13.9 Å². The first kappa shape index (κ1) is 25.0. The fourth-order valence-electron chi connectivity index (χ4n) is 3.01. The third-order valence-corrected chi connectivity index (χ3v) is 9.63. The Labute approximate surface area is 176 Å². The van der Waals surface area contributed by atoms with Crippen LogP contribution in [0.4, 0.5) is 0 Å². The highest BCUT2D eigenvalue weighted by Crippen LogP contribution is 2.30. The first-order valence-corrected chi connectivity index (χ1v) is 13.2. The topological polar surface area (TPSA) is 61.8 Å². The maximum Gasteiger partial charge on any atom is 0.333 e. The van der Waals surface area contributed by atoms with Gasteiger partial charge in [-0.2, -0.15) is 0 Å². The van der Waals surface area contributed by atoms with Crippen molar-refractivity contribution < 1.29 is 23.5 Å². The van der Waals surface area contributed by atoms with E-state index in [0.29, 0.717) is 18.4 Å². The number of esters is 2. The molecule has 0 N–H and O–H groups in total. The molecule has 0 spiro atoms. The van der Waals surface area contributed by atoms with Crippen molar-refractivity contribution in [3.8, 4) is 23.7 Å². The maximum atomic E-state index is 11.9. The molecule has 0 aromatic carbocycles. The molecule has 0 bridgehead atoms. The van der Waals surface area contributed by atoms with Crippen molar-refractivity contribution in [2.45, 2.75) is 97.2 Å². The average molecular weight is 419 g/mol. The maximum absolute atomic E-state index is 11.9. The van der Waals surface area contributed by atoms with Crippen LogP contribution in [0.1, 0.15) is 66.7 Å². The van der Waals surface area contributed by atoms with Crippen LogP contribution in [0.5, 0.6) is 0 Å². The highest BCUT2D eigenvalue weighted by Gasteiger charge is 2.40. The molecular formula is C23H34O5Si. The van der Waals surface area contributed by atoms with Gasteiger partial charge in [0.2, 0.25) is 6.29 Å². The summed E-state index contributed by atoms with van der Waals surface area (Å²) in [7, 11) is -2.02. The lowest BCUT2D eigenvalue weighted by Gasteiger charge is -2.32. The van der Waals surface area contributed by atoms with Gasteiger partial charge in [-0.25, -0.2) is 4.79 Å². The fraction of sp³-hybridized carbons (Fsp3) is 0.652. The van der Waals surface area contributed by atoms with Crippen molar-refractivity contribution in [2.75, 3.05) is 0 Å². The zero-order chi connectivity index (χ0) is 21.7. The number of rotatable bonds is 10. The third-order valence-electron chi connectivity index (χ3n) is 5.04. The normalized spacial score (nSPS) is 16.7. The van der Waals surface area contributed by atoms with Crippen LogP contribution in [0.2, 0.25) is 18.1 Å². The van der Waals surface area contributed by atoms with Gasteiger partial charge in [-0.3, -0.25) is 4.79 Å². The molecule has 0 saturated carbocycles. The van der Waals surface area contributed by atoms with Gasteiger partial charge in [-0.15, -0.1) is 11.8 Å². The van der Waals surface area contributed by atoms with Crippen molar-refractivity contribution in [1.29, 1.82) is 0 Å².